The fourth-order valence-corrected chi connectivity index (χ4v) is 3.30. The van der Waals surface area contributed by atoms with Crippen LogP contribution in [-0.2, 0) is 14.3 Å². The highest BCUT2D eigenvalue weighted by Crippen LogP contribution is 2.13. The van der Waals surface area contributed by atoms with Gasteiger partial charge in [0, 0.05) is 51.4 Å². The lowest BCUT2D eigenvalue weighted by Crippen LogP contribution is -2.45. The molecular formula is C19H36N4O3. The lowest BCUT2D eigenvalue weighted by molar-refractivity contribution is -0.133. The summed E-state index contributed by atoms with van der Waals surface area (Å²) < 4.78 is 11.2. The number of hydrogen-bond donors (Lipinski definition) is 2. The van der Waals surface area contributed by atoms with Crippen LogP contribution < -0.4 is 10.6 Å². The van der Waals surface area contributed by atoms with E-state index in [0.717, 1.165) is 64.4 Å². The van der Waals surface area contributed by atoms with Crippen LogP contribution in [0.15, 0.2) is 4.99 Å². The Morgan fingerprint density at radius 3 is 2.92 bits per heavy atom. The maximum Gasteiger partial charge on any atom is 0.225 e. The SMILES string of the molecule is CCNC(=NCCCOCC1CCCO1)NC1CCN(C(=O)C(C)C)C1. The molecule has 0 radical (unpaired) electrons. The molecule has 0 spiro atoms. The molecule has 7 heteroatoms. The molecule has 26 heavy (non-hydrogen) atoms. The maximum absolute atomic E-state index is 12.1. The Hall–Kier alpha value is -1.34. The maximum atomic E-state index is 12.1. The predicted octanol–water partition coefficient (Wildman–Crippen LogP) is 1.38. The molecule has 0 aromatic rings. The molecule has 0 saturated carbocycles. The molecule has 0 bridgehead atoms. The Morgan fingerprint density at radius 1 is 1.38 bits per heavy atom. The zero-order valence-corrected chi connectivity index (χ0v) is 16.6. The number of guanidine groups is 1. The molecule has 2 aliphatic rings. The highest BCUT2D eigenvalue weighted by atomic mass is 16.5. The van der Waals surface area contributed by atoms with Crippen molar-refractivity contribution in [2.24, 2.45) is 10.9 Å². The number of rotatable bonds is 9. The van der Waals surface area contributed by atoms with Gasteiger partial charge in [0.2, 0.25) is 5.91 Å². The molecule has 0 aromatic heterocycles. The van der Waals surface area contributed by atoms with E-state index in [9.17, 15) is 4.79 Å². The lowest BCUT2D eigenvalue weighted by atomic mass is 10.2. The fourth-order valence-electron chi connectivity index (χ4n) is 3.30. The van der Waals surface area contributed by atoms with Crippen LogP contribution in [0.2, 0.25) is 0 Å². The highest BCUT2D eigenvalue weighted by Gasteiger charge is 2.27. The molecule has 2 unspecified atom stereocenters. The molecule has 2 aliphatic heterocycles. The average Bonchev–Trinajstić information content (AvgIpc) is 3.29. The topological polar surface area (TPSA) is 75.2 Å². The number of amides is 1. The van der Waals surface area contributed by atoms with Crippen molar-refractivity contribution in [3.63, 3.8) is 0 Å². The van der Waals surface area contributed by atoms with Crippen LogP contribution in [0.3, 0.4) is 0 Å². The molecular weight excluding hydrogens is 332 g/mol. The number of nitrogens with zero attached hydrogens (tertiary/aromatic N) is 2. The molecule has 2 N–H and O–H groups in total. The van der Waals surface area contributed by atoms with E-state index in [0.29, 0.717) is 13.2 Å². The smallest absolute Gasteiger partial charge is 0.225 e. The number of hydrogen-bond acceptors (Lipinski definition) is 4. The second kappa shape index (κ2) is 11.4. The fraction of sp³-hybridized carbons (Fsp3) is 0.895. The van der Waals surface area contributed by atoms with Gasteiger partial charge < -0.3 is 25.0 Å². The summed E-state index contributed by atoms with van der Waals surface area (Å²) in [7, 11) is 0. The molecule has 2 atom stereocenters. The molecule has 2 rings (SSSR count). The molecule has 0 aliphatic carbocycles. The molecule has 2 heterocycles. The Morgan fingerprint density at radius 2 is 2.23 bits per heavy atom. The van der Waals surface area contributed by atoms with Crippen molar-refractivity contribution in [3.05, 3.63) is 0 Å². The van der Waals surface area contributed by atoms with E-state index in [1.165, 1.54) is 0 Å². The van der Waals surface area contributed by atoms with Crippen molar-refractivity contribution in [2.75, 3.05) is 46.0 Å². The van der Waals surface area contributed by atoms with E-state index in [4.69, 9.17) is 9.47 Å². The van der Waals surface area contributed by atoms with Crippen molar-refractivity contribution < 1.29 is 14.3 Å². The molecule has 2 fully saturated rings. The van der Waals surface area contributed by atoms with Gasteiger partial charge in [0.25, 0.3) is 0 Å². The molecule has 150 valence electrons. The normalized spacial score (nSPS) is 23.7. The van der Waals surface area contributed by atoms with Crippen LogP contribution >= 0.6 is 0 Å². The number of carbonyl (C=O) groups excluding carboxylic acids is 1. The third kappa shape index (κ3) is 7.11. The van der Waals surface area contributed by atoms with Gasteiger partial charge in [-0.25, -0.2) is 0 Å². The van der Waals surface area contributed by atoms with Crippen molar-refractivity contribution in [3.8, 4) is 0 Å². The van der Waals surface area contributed by atoms with Gasteiger partial charge in [0.1, 0.15) is 0 Å². The van der Waals surface area contributed by atoms with Crippen molar-refractivity contribution >= 4 is 11.9 Å². The van der Waals surface area contributed by atoms with E-state index >= 15 is 0 Å². The molecule has 2 saturated heterocycles. The second-order valence-electron chi connectivity index (χ2n) is 7.39. The van der Waals surface area contributed by atoms with Crippen molar-refractivity contribution in [2.45, 2.75) is 58.6 Å². The summed E-state index contributed by atoms with van der Waals surface area (Å²) in [6.07, 6.45) is 4.41. The van der Waals surface area contributed by atoms with E-state index in [-0.39, 0.29) is 24.0 Å². The third-order valence-corrected chi connectivity index (χ3v) is 4.72. The van der Waals surface area contributed by atoms with Gasteiger partial charge >= 0.3 is 0 Å². The van der Waals surface area contributed by atoms with E-state index in [1.807, 2.05) is 18.7 Å². The van der Waals surface area contributed by atoms with Crippen molar-refractivity contribution in [1.29, 1.82) is 0 Å². The van der Waals surface area contributed by atoms with Crippen LogP contribution in [0.4, 0.5) is 0 Å². The summed E-state index contributed by atoms with van der Waals surface area (Å²) in [4.78, 5) is 18.7. The Bertz CT molecular complexity index is 450. The number of likely N-dealkylation sites (tertiary alicyclic amines) is 1. The number of nitrogens with one attached hydrogen (secondary N) is 2. The monoisotopic (exact) mass is 368 g/mol. The van der Waals surface area contributed by atoms with Gasteiger partial charge in [-0.1, -0.05) is 13.8 Å². The first kappa shape index (κ1) is 21.0. The number of ether oxygens (including phenoxy) is 2. The summed E-state index contributed by atoms with van der Waals surface area (Å²) in [6, 6.07) is 0.270. The van der Waals surface area contributed by atoms with Gasteiger partial charge in [-0.2, -0.15) is 0 Å². The largest absolute Gasteiger partial charge is 0.379 e. The minimum atomic E-state index is 0.0605. The Balaban J connectivity index is 1.65. The standard InChI is InChI=1S/C19H36N4O3/c1-4-20-19(21-9-6-11-25-14-17-7-5-12-26-17)22-16-8-10-23(13-16)18(24)15(2)3/h15-17H,4-14H2,1-3H3,(H2,20,21,22). The Kier molecular flexibility index (Phi) is 9.18. The van der Waals surface area contributed by atoms with Crippen LogP contribution in [0.25, 0.3) is 0 Å². The number of carbonyl (C=O) groups is 1. The summed E-state index contributed by atoms with van der Waals surface area (Å²) in [5.41, 5.74) is 0. The van der Waals surface area contributed by atoms with E-state index in [2.05, 4.69) is 22.5 Å². The summed E-state index contributed by atoms with van der Waals surface area (Å²) in [5, 5.41) is 6.75. The summed E-state index contributed by atoms with van der Waals surface area (Å²) in [5.74, 6) is 1.13. The first-order chi connectivity index (χ1) is 12.6. The Labute approximate surface area is 157 Å². The first-order valence-electron chi connectivity index (χ1n) is 10.1. The number of aliphatic imine (C=N–C) groups is 1. The van der Waals surface area contributed by atoms with Crippen molar-refractivity contribution in [1.82, 2.24) is 15.5 Å². The third-order valence-electron chi connectivity index (χ3n) is 4.72. The van der Waals surface area contributed by atoms with Crippen LogP contribution in [-0.4, -0.2) is 74.9 Å². The van der Waals surface area contributed by atoms with Gasteiger partial charge in [-0.15, -0.1) is 0 Å². The highest BCUT2D eigenvalue weighted by molar-refractivity contribution is 5.81. The van der Waals surface area contributed by atoms with E-state index < -0.39 is 0 Å². The van der Waals surface area contributed by atoms with Crippen LogP contribution in [0.1, 0.15) is 46.5 Å². The first-order valence-corrected chi connectivity index (χ1v) is 10.1. The lowest BCUT2D eigenvalue weighted by Gasteiger charge is -2.20. The zero-order chi connectivity index (χ0) is 18.8. The van der Waals surface area contributed by atoms with Crippen LogP contribution in [0, 0.1) is 5.92 Å². The minimum Gasteiger partial charge on any atom is -0.379 e. The van der Waals surface area contributed by atoms with Gasteiger partial charge in [0.15, 0.2) is 5.96 Å². The quantitative estimate of drug-likeness (QED) is 0.365. The molecule has 1 amide bonds. The minimum absolute atomic E-state index is 0.0605. The second-order valence-corrected chi connectivity index (χ2v) is 7.39. The average molecular weight is 369 g/mol. The predicted molar refractivity (Wildman–Crippen MR) is 103 cm³/mol. The van der Waals surface area contributed by atoms with Gasteiger partial charge in [-0.05, 0) is 32.6 Å². The molecule has 7 nitrogen and oxygen atoms in total. The zero-order valence-electron chi connectivity index (χ0n) is 16.6. The van der Waals surface area contributed by atoms with Gasteiger partial charge in [0.05, 0.1) is 12.7 Å². The van der Waals surface area contributed by atoms with Crippen LogP contribution in [0.5, 0.6) is 0 Å². The summed E-state index contributed by atoms with van der Waals surface area (Å²) in [6.45, 7) is 11.4. The van der Waals surface area contributed by atoms with E-state index in [1.54, 1.807) is 0 Å². The molecule has 0 aromatic carbocycles. The van der Waals surface area contributed by atoms with Gasteiger partial charge in [-0.3, -0.25) is 9.79 Å². The summed E-state index contributed by atoms with van der Waals surface area (Å²) >= 11 is 0.